The molecule has 0 N–H and O–H groups in total. The third-order valence-corrected chi connectivity index (χ3v) is 6.65. The lowest BCUT2D eigenvalue weighted by molar-refractivity contribution is 0.843. The van der Waals surface area contributed by atoms with E-state index in [0.29, 0.717) is 23.7 Å². The zero-order valence-electron chi connectivity index (χ0n) is 17.3. The highest BCUT2D eigenvalue weighted by Crippen LogP contribution is 2.31. The molecular formula is C24H35P. The van der Waals surface area contributed by atoms with Crippen LogP contribution in [0.25, 0.3) is 0 Å². The average Bonchev–Trinajstić information content (AvgIpc) is 2.54. The van der Waals surface area contributed by atoms with Gasteiger partial charge in [-0.05, 0) is 56.5 Å². The molecule has 2 aromatic rings. The van der Waals surface area contributed by atoms with Crippen molar-refractivity contribution < 1.29 is 0 Å². The summed E-state index contributed by atoms with van der Waals surface area (Å²) in [5.41, 5.74) is 6.10. The second-order valence-corrected chi connectivity index (χ2v) is 9.62. The summed E-state index contributed by atoms with van der Waals surface area (Å²) >= 11 is 0. The zero-order chi connectivity index (χ0) is 18.7. The minimum absolute atomic E-state index is 0.565. The summed E-state index contributed by atoms with van der Waals surface area (Å²) in [6.45, 7) is 18.6. The Labute approximate surface area is 157 Å². The summed E-state index contributed by atoms with van der Waals surface area (Å²) in [6.07, 6.45) is 0. The summed E-state index contributed by atoms with van der Waals surface area (Å²) in [6, 6.07) is 13.8. The SMILES string of the molecule is CC(C)c1cccc(C(C)C)c1Pc1c(C(C)C)cccc1C(C)C. The minimum Gasteiger partial charge on any atom is -0.0617 e. The molecule has 0 atom stereocenters. The molecule has 0 aliphatic rings. The first kappa shape index (κ1) is 20.2. The van der Waals surface area contributed by atoms with Gasteiger partial charge in [0, 0.05) is 0 Å². The Hall–Kier alpha value is -1.13. The fourth-order valence-electron chi connectivity index (χ4n) is 3.52. The summed E-state index contributed by atoms with van der Waals surface area (Å²) in [4.78, 5) is 0. The number of hydrogen-bond acceptors (Lipinski definition) is 0. The second kappa shape index (κ2) is 8.50. The van der Waals surface area contributed by atoms with Gasteiger partial charge < -0.3 is 0 Å². The maximum atomic E-state index is 2.34. The molecule has 0 aliphatic carbocycles. The van der Waals surface area contributed by atoms with Crippen molar-refractivity contribution in [1.29, 1.82) is 0 Å². The quantitative estimate of drug-likeness (QED) is 0.500. The Balaban J connectivity index is 2.68. The van der Waals surface area contributed by atoms with E-state index < -0.39 is 0 Å². The van der Waals surface area contributed by atoms with Crippen LogP contribution in [0, 0.1) is 0 Å². The zero-order valence-corrected chi connectivity index (χ0v) is 18.3. The highest BCUT2D eigenvalue weighted by Gasteiger charge is 2.19. The normalized spacial score (nSPS) is 12.0. The van der Waals surface area contributed by atoms with E-state index in [-0.39, 0.29) is 0 Å². The molecule has 0 saturated carbocycles. The average molecular weight is 355 g/mol. The van der Waals surface area contributed by atoms with E-state index in [2.05, 4.69) is 91.8 Å². The van der Waals surface area contributed by atoms with Crippen LogP contribution in [0.1, 0.15) is 101 Å². The van der Waals surface area contributed by atoms with Crippen molar-refractivity contribution in [2.24, 2.45) is 0 Å². The first-order valence-corrected chi connectivity index (χ1v) is 10.8. The number of hydrogen-bond donors (Lipinski definition) is 0. The third kappa shape index (κ3) is 4.53. The molecule has 0 bridgehead atoms. The van der Waals surface area contributed by atoms with Gasteiger partial charge in [-0.15, -0.1) is 0 Å². The van der Waals surface area contributed by atoms with Gasteiger partial charge in [-0.1, -0.05) is 100 Å². The predicted molar refractivity (Wildman–Crippen MR) is 117 cm³/mol. The Morgan fingerprint density at radius 2 is 0.720 bits per heavy atom. The fourth-order valence-corrected chi connectivity index (χ4v) is 5.83. The Bertz CT molecular complexity index is 594. The largest absolute Gasteiger partial charge is 0.0617 e. The van der Waals surface area contributed by atoms with Crippen molar-refractivity contribution in [3.8, 4) is 0 Å². The summed E-state index contributed by atoms with van der Waals surface area (Å²) in [7, 11) is 0.743. The molecule has 2 aromatic carbocycles. The van der Waals surface area contributed by atoms with Crippen LogP contribution >= 0.6 is 8.58 Å². The van der Waals surface area contributed by atoms with Gasteiger partial charge >= 0.3 is 0 Å². The molecule has 2 rings (SSSR count). The van der Waals surface area contributed by atoms with Crippen molar-refractivity contribution in [3.63, 3.8) is 0 Å². The molecule has 136 valence electrons. The summed E-state index contributed by atoms with van der Waals surface area (Å²) in [5.74, 6) is 2.26. The second-order valence-electron chi connectivity index (χ2n) is 8.37. The van der Waals surface area contributed by atoms with Crippen molar-refractivity contribution in [3.05, 3.63) is 58.7 Å². The third-order valence-electron chi connectivity index (χ3n) is 5.00. The maximum Gasteiger partial charge on any atom is -0.0157 e. The molecule has 0 heterocycles. The maximum absolute atomic E-state index is 2.34. The van der Waals surface area contributed by atoms with Crippen molar-refractivity contribution in [2.75, 3.05) is 0 Å². The smallest absolute Gasteiger partial charge is 0.0157 e. The van der Waals surface area contributed by atoms with Crippen LogP contribution in [0.3, 0.4) is 0 Å². The van der Waals surface area contributed by atoms with Gasteiger partial charge in [-0.25, -0.2) is 0 Å². The van der Waals surface area contributed by atoms with E-state index in [9.17, 15) is 0 Å². The Morgan fingerprint density at radius 3 is 0.920 bits per heavy atom. The van der Waals surface area contributed by atoms with Crippen LogP contribution in [-0.2, 0) is 0 Å². The molecule has 0 nitrogen and oxygen atoms in total. The molecule has 0 fully saturated rings. The highest BCUT2D eigenvalue weighted by atomic mass is 31.1. The molecular weight excluding hydrogens is 319 g/mol. The lowest BCUT2D eigenvalue weighted by atomic mass is 9.95. The molecule has 0 aromatic heterocycles. The van der Waals surface area contributed by atoms with Crippen LogP contribution < -0.4 is 10.6 Å². The molecule has 25 heavy (non-hydrogen) atoms. The lowest BCUT2D eigenvalue weighted by Gasteiger charge is -2.24. The van der Waals surface area contributed by atoms with Gasteiger partial charge in [0.15, 0.2) is 0 Å². The Morgan fingerprint density at radius 1 is 0.480 bits per heavy atom. The van der Waals surface area contributed by atoms with E-state index >= 15 is 0 Å². The molecule has 0 amide bonds. The van der Waals surface area contributed by atoms with Gasteiger partial charge in [-0.2, -0.15) is 0 Å². The lowest BCUT2D eigenvalue weighted by Crippen LogP contribution is -2.21. The highest BCUT2D eigenvalue weighted by molar-refractivity contribution is 7.56. The van der Waals surface area contributed by atoms with Crippen molar-refractivity contribution in [2.45, 2.75) is 79.1 Å². The van der Waals surface area contributed by atoms with E-state index in [1.54, 1.807) is 10.6 Å². The number of benzene rings is 2. The molecule has 0 saturated heterocycles. The van der Waals surface area contributed by atoms with Gasteiger partial charge in [0.25, 0.3) is 0 Å². The van der Waals surface area contributed by atoms with Crippen molar-refractivity contribution in [1.82, 2.24) is 0 Å². The van der Waals surface area contributed by atoms with Gasteiger partial charge in [-0.3, -0.25) is 0 Å². The number of rotatable bonds is 6. The molecule has 1 heteroatoms. The van der Waals surface area contributed by atoms with E-state index in [0.717, 1.165) is 8.58 Å². The van der Waals surface area contributed by atoms with Crippen LogP contribution in [0.4, 0.5) is 0 Å². The van der Waals surface area contributed by atoms with E-state index in [4.69, 9.17) is 0 Å². The van der Waals surface area contributed by atoms with E-state index in [1.165, 1.54) is 22.3 Å². The molecule has 0 radical (unpaired) electrons. The first-order valence-electron chi connectivity index (χ1n) is 9.76. The topological polar surface area (TPSA) is 0 Å². The minimum atomic E-state index is 0.565. The first-order chi connectivity index (χ1) is 11.7. The molecule has 0 spiro atoms. The predicted octanol–water partition coefficient (Wildman–Crippen LogP) is 6.81. The fraction of sp³-hybridized carbons (Fsp3) is 0.500. The monoisotopic (exact) mass is 354 g/mol. The van der Waals surface area contributed by atoms with Crippen LogP contribution in [0.5, 0.6) is 0 Å². The standard InChI is InChI=1S/C24H35P/c1-15(2)19-11-9-12-20(16(3)4)23(19)25-24-21(17(5)6)13-10-14-22(24)18(7)8/h9-18,25H,1-8H3. The molecule has 0 unspecified atom stereocenters. The van der Waals surface area contributed by atoms with Crippen molar-refractivity contribution >= 4 is 19.2 Å². The summed E-state index contributed by atoms with van der Waals surface area (Å²) in [5, 5.41) is 3.17. The molecule has 0 aliphatic heterocycles. The van der Waals surface area contributed by atoms with Crippen LogP contribution in [0.15, 0.2) is 36.4 Å². The Kier molecular flexibility index (Phi) is 6.86. The van der Waals surface area contributed by atoms with Crippen LogP contribution in [0.2, 0.25) is 0 Å². The summed E-state index contributed by atoms with van der Waals surface area (Å²) < 4.78 is 0. The van der Waals surface area contributed by atoms with Gasteiger partial charge in [0.05, 0.1) is 0 Å². The van der Waals surface area contributed by atoms with Crippen LogP contribution in [-0.4, -0.2) is 0 Å². The van der Waals surface area contributed by atoms with E-state index in [1.807, 2.05) is 0 Å². The van der Waals surface area contributed by atoms with Gasteiger partial charge in [0.1, 0.15) is 0 Å². The van der Waals surface area contributed by atoms with Gasteiger partial charge in [0.2, 0.25) is 0 Å².